The zero-order valence-electron chi connectivity index (χ0n) is 8.76. The average molecular weight is 193 g/mol. The maximum atomic E-state index is 10.1. The highest BCUT2D eigenvalue weighted by Gasteiger charge is 2.58. The molecule has 3 rings (SSSR count). The van der Waals surface area contributed by atoms with E-state index in [4.69, 9.17) is 0 Å². The van der Waals surface area contributed by atoms with E-state index in [1.807, 2.05) is 0 Å². The number of hydrogen-bond acceptors (Lipinski definition) is 2. The van der Waals surface area contributed by atoms with Gasteiger partial charge in [0, 0.05) is 19.1 Å². The largest absolute Gasteiger partial charge is 0.391 e. The number of allylic oxidation sites excluding steroid dienone is 1. The number of rotatable bonds is 2. The molecule has 5 unspecified atom stereocenters. The summed E-state index contributed by atoms with van der Waals surface area (Å²) in [4.78, 5) is 2.49. The van der Waals surface area contributed by atoms with Crippen LogP contribution < -0.4 is 0 Å². The minimum atomic E-state index is -0.0241. The van der Waals surface area contributed by atoms with E-state index < -0.39 is 0 Å². The minimum Gasteiger partial charge on any atom is -0.391 e. The van der Waals surface area contributed by atoms with Crippen LogP contribution in [0.4, 0.5) is 0 Å². The van der Waals surface area contributed by atoms with Gasteiger partial charge in [0.2, 0.25) is 0 Å². The Labute approximate surface area is 85.6 Å². The third kappa shape index (κ3) is 1.04. The number of aliphatic hydroxyl groups is 1. The van der Waals surface area contributed by atoms with Gasteiger partial charge in [0.15, 0.2) is 0 Å². The van der Waals surface area contributed by atoms with Crippen molar-refractivity contribution < 1.29 is 5.11 Å². The molecule has 14 heavy (non-hydrogen) atoms. The van der Waals surface area contributed by atoms with Crippen molar-refractivity contribution in [1.82, 2.24) is 4.90 Å². The van der Waals surface area contributed by atoms with E-state index in [2.05, 4.69) is 24.0 Å². The van der Waals surface area contributed by atoms with Crippen molar-refractivity contribution in [3.63, 3.8) is 0 Å². The number of likely N-dealkylation sites (tertiary alicyclic amines) is 1. The second kappa shape index (κ2) is 3.07. The van der Waals surface area contributed by atoms with Crippen LogP contribution in [0.25, 0.3) is 0 Å². The SMILES string of the molecule is C/C=C/CN1CC2CC3CC2C1C3O. The molecule has 78 valence electrons. The topological polar surface area (TPSA) is 23.5 Å². The molecule has 0 spiro atoms. The first-order valence-corrected chi connectivity index (χ1v) is 5.84. The van der Waals surface area contributed by atoms with Crippen molar-refractivity contribution >= 4 is 0 Å². The number of fused-ring (bicyclic) bond motifs is 1. The lowest BCUT2D eigenvalue weighted by Gasteiger charge is -2.28. The van der Waals surface area contributed by atoms with E-state index in [1.54, 1.807) is 0 Å². The monoisotopic (exact) mass is 193 g/mol. The summed E-state index contributed by atoms with van der Waals surface area (Å²) in [6.45, 7) is 4.34. The summed E-state index contributed by atoms with van der Waals surface area (Å²) in [7, 11) is 0. The highest BCUT2D eigenvalue weighted by Crippen LogP contribution is 2.54. The van der Waals surface area contributed by atoms with Gasteiger partial charge in [0.05, 0.1) is 6.10 Å². The molecule has 5 atom stereocenters. The Morgan fingerprint density at radius 1 is 1.36 bits per heavy atom. The molecule has 0 aromatic heterocycles. The third-order valence-electron chi connectivity index (χ3n) is 4.52. The molecule has 2 bridgehead atoms. The van der Waals surface area contributed by atoms with E-state index in [0.29, 0.717) is 12.0 Å². The van der Waals surface area contributed by atoms with Gasteiger partial charge in [-0.2, -0.15) is 0 Å². The Hall–Kier alpha value is -0.340. The fraction of sp³-hybridized carbons (Fsp3) is 0.833. The molecule has 1 aliphatic heterocycles. The average Bonchev–Trinajstić information content (AvgIpc) is 2.74. The van der Waals surface area contributed by atoms with Crippen molar-refractivity contribution in [1.29, 1.82) is 0 Å². The second-order valence-electron chi connectivity index (χ2n) is 5.16. The number of nitrogens with zero attached hydrogens (tertiary/aromatic N) is 1. The van der Waals surface area contributed by atoms with Crippen LogP contribution in [0.2, 0.25) is 0 Å². The van der Waals surface area contributed by atoms with Crippen molar-refractivity contribution in [2.24, 2.45) is 17.8 Å². The number of aliphatic hydroxyl groups excluding tert-OH is 1. The van der Waals surface area contributed by atoms with Gasteiger partial charge in [-0.05, 0) is 37.5 Å². The molecule has 0 radical (unpaired) electrons. The van der Waals surface area contributed by atoms with Gasteiger partial charge < -0.3 is 5.11 Å². The molecule has 2 saturated carbocycles. The molecule has 2 aliphatic carbocycles. The fourth-order valence-corrected chi connectivity index (χ4v) is 3.99. The molecule has 0 aromatic rings. The van der Waals surface area contributed by atoms with E-state index in [9.17, 15) is 5.11 Å². The maximum Gasteiger partial charge on any atom is 0.0726 e. The zero-order chi connectivity index (χ0) is 9.71. The Kier molecular flexibility index (Phi) is 1.96. The van der Waals surface area contributed by atoms with Crippen LogP contribution in [0.15, 0.2) is 12.2 Å². The quantitative estimate of drug-likeness (QED) is 0.667. The van der Waals surface area contributed by atoms with Gasteiger partial charge >= 0.3 is 0 Å². The summed E-state index contributed by atoms with van der Waals surface area (Å²) >= 11 is 0. The van der Waals surface area contributed by atoms with E-state index in [-0.39, 0.29) is 6.10 Å². The lowest BCUT2D eigenvalue weighted by atomic mass is 9.88. The van der Waals surface area contributed by atoms with Crippen LogP contribution in [-0.2, 0) is 0 Å². The summed E-state index contributed by atoms with van der Waals surface area (Å²) in [6, 6.07) is 0.495. The fourth-order valence-electron chi connectivity index (χ4n) is 3.99. The summed E-state index contributed by atoms with van der Waals surface area (Å²) in [6.07, 6.45) is 6.88. The number of hydrogen-bond donors (Lipinski definition) is 1. The Balaban J connectivity index is 1.78. The molecular weight excluding hydrogens is 174 g/mol. The third-order valence-corrected chi connectivity index (χ3v) is 4.52. The molecule has 2 heteroatoms. The van der Waals surface area contributed by atoms with Gasteiger partial charge in [0.25, 0.3) is 0 Å². The van der Waals surface area contributed by atoms with Gasteiger partial charge in [-0.15, -0.1) is 0 Å². The lowest BCUT2D eigenvalue weighted by molar-refractivity contribution is 0.0549. The Bertz CT molecular complexity index is 261. The molecule has 3 aliphatic rings. The van der Waals surface area contributed by atoms with E-state index in [0.717, 1.165) is 18.4 Å². The standard InChI is InChI=1S/C12H19NO/c1-2-3-4-13-7-9-5-8-6-10(9)11(13)12(8)14/h2-3,8-12,14H,4-7H2,1H3/b3-2+. The van der Waals surface area contributed by atoms with Crippen molar-refractivity contribution in [3.8, 4) is 0 Å². The summed E-state index contributed by atoms with van der Waals surface area (Å²) in [5, 5.41) is 10.1. The van der Waals surface area contributed by atoms with Crippen LogP contribution in [0, 0.1) is 17.8 Å². The molecule has 2 nitrogen and oxygen atoms in total. The Morgan fingerprint density at radius 3 is 2.93 bits per heavy atom. The summed E-state index contributed by atoms with van der Waals surface area (Å²) in [5.41, 5.74) is 0. The summed E-state index contributed by atoms with van der Waals surface area (Å²) in [5.74, 6) is 2.35. The maximum absolute atomic E-state index is 10.1. The normalized spacial score (nSPS) is 51.1. The molecule has 1 N–H and O–H groups in total. The molecule has 1 heterocycles. The van der Waals surface area contributed by atoms with E-state index in [1.165, 1.54) is 19.4 Å². The molecular formula is C12H19NO. The smallest absolute Gasteiger partial charge is 0.0726 e. The van der Waals surface area contributed by atoms with Crippen LogP contribution in [-0.4, -0.2) is 35.2 Å². The molecule has 0 amide bonds. The first-order chi connectivity index (χ1) is 6.81. The van der Waals surface area contributed by atoms with Crippen LogP contribution in [0.1, 0.15) is 19.8 Å². The minimum absolute atomic E-state index is 0.0241. The highest BCUT2D eigenvalue weighted by atomic mass is 16.3. The van der Waals surface area contributed by atoms with Gasteiger partial charge in [-0.25, -0.2) is 0 Å². The van der Waals surface area contributed by atoms with E-state index >= 15 is 0 Å². The molecule has 1 saturated heterocycles. The predicted molar refractivity (Wildman–Crippen MR) is 55.9 cm³/mol. The molecule has 3 fully saturated rings. The first kappa shape index (κ1) is 8.93. The molecule has 0 aromatic carbocycles. The zero-order valence-corrected chi connectivity index (χ0v) is 8.76. The lowest BCUT2D eigenvalue weighted by Crippen LogP contribution is -2.40. The van der Waals surface area contributed by atoms with Crippen LogP contribution in [0.5, 0.6) is 0 Å². The highest BCUT2D eigenvalue weighted by molar-refractivity contribution is 5.11. The van der Waals surface area contributed by atoms with Crippen LogP contribution in [0.3, 0.4) is 0 Å². The van der Waals surface area contributed by atoms with Crippen molar-refractivity contribution in [2.75, 3.05) is 13.1 Å². The van der Waals surface area contributed by atoms with Gasteiger partial charge in [-0.1, -0.05) is 12.2 Å². The second-order valence-corrected chi connectivity index (χ2v) is 5.16. The van der Waals surface area contributed by atoms with Crippen molar-refractivity contribution in [2.45, 2.75) is 31.9 Å². The van der Waals surface area contributed by atoms with Crippen LogP contribution >= 0.6 is 0 Å². The van der Waals surface area contributed by atoms with Gasteiger partial charge in [-0.3, -0.25) is 4.90 Å². The predicted octanol–water partition coefficient (Wildman–Crippen LogP) is 1.26. The summed E-state index contributed by atoms with van der Waals surface area (Å²) < 4.78 is 0. The first-order valence-electron chi connectivity index (χ1n) is 5.84. The van der Waals surface area contributed by atoms with Crippen molar-refractivity contribution in [3.05, 3.63) is 12.2 Å². The Morgan fingerprint density at radius 2 is 2.21 bits per heavy atom. The van der Waals surface area contributed by atoms with Gasteiger partial charge in [0.1, 0.15) is 0 Å².